The number of rotatable bonds is 4. The fraction of sp³-hybridized carbons (Fsp3) is 0.0256. The minimum absolute atomic E-state index is 0.261. The summed E-state index contributed by atoms with van der Waals surface area (Å²) in [4.78, 5) is 9.98. The average Bonchev–Trinajstić information content (AvgIpc) is 3.65. The summed E-state index contributed by atoms with van der Waals surface area (Å²) >= 11 is 1.88. The molecule has 1 atom stereocenters. The second kappa shape index (κ2) is 10.0. The summed E-state index contributed by atoms with van der Waals surface area (Å²) < 4.78 is 5.06. The Morgan fingerprint density at radius 1 is 0.568 bits per heavy atom. The number of nitrogens with one attached hydrogen (secondary N) is 1. The zero-order valence-corrected chi connectivity index (χ0v) is 24.5. The molecule has 9 rings (SSSR count). The molecule has 0 amide bonds. The van der Waals surface area contributed by atoms with E-state index in [-0.39, 0.29) is 6.17 Å². The number of aliphatic imine (C=N–C) groups is 2. The number of nitrogens with zero attached hydrogens (tertiary/aromatic N) is 3. The molecular weight excluding hydrogens is 557 g/mol. The predicted molar refractivity (Wildman–Crippen MR) is 186 cm³/mol. The molecule has 0 saturated carbocycles. The van der Waals surface area contributed by atoms with Crippen LogP contribution in [-0.2, 0) is 0 Å². The number of fused-ring (bicyclic) bond motifs is 7. The second-order valence-electron chi connectivity index (χ2n) is 11.1. The van der Waals surface area contributed by atoms with Crippen LogP contribution in [0.4, 0.5) is 0 Å². The van der Waals surface area contributed by atoms with Gasteiger partial charge in [-0.15, -0.1) is 11.3 Å². The highest BCUT2D eigenvalue weighted by molar-refractivity contribution is 7.26. The number of hydrogen-bond acceptors (Lipinski definition) is 4. The van der Waals surface area contributed by atoms with Gasteiger partial charge >= 0.3 is 0 Å². The lowest BCUT2D eigenvalue weighted by atomic mass is 10.1. The summed E-state index contributed by atoms with van der Waals surface area (Å²) in [5.41, 5.74) is 6.67. The zero-order chi connectivity index (χ0) is 29.0. The van der Waals surface area contributed by atoms with Crippen LogP contribution in [0, 0.1) is 0 Å². The van der Waals surface area contributed by atoms with Crippen LogP contribution in [0.15, 0.2) is 156 Å². The molecule has 6 aromatic carbocycles. The van der Waals surface area contributed by atoms with Crippen LogP contribution in [0.1, 0.15) is 22.9 Å². The highest BCUT2D eigenvalue weighted by atomic mass is 32.1. The number of para-hydroxylation sites is 1. The molecule has 1 aliphatic heterocycles. The van der Waals surface area contributed by atoms with Crippen molar-refractivity contribution in [2.24, 2.45) is 9.98 Å². The Morgan fingerprint density at radius 3 is 2.05 bits per heavy atom. The van der Waals surface area contributed by atoms with Gasteiger partial charge in [0.1, 0.15) is 12.0 Å². The lowest BCUT2D eigenvalue weighted by molar-refractivity contribution is 0.674. The molecule has 208 valence electrons. The van der Waals surface area contributed by atoms with E-state index in [1.54, 1.807) is 0 Å². The van der Waals surface area contributed by atoms with E-state index in [4.69, 9.17) is 9.98 Å². The average molecular weight is 583 g/mol. The SMILES string of the molecule is c1ccc(C2=NC(c3ccc(-n4c5ccccc5c5c6sc7ccccc7c6ccc54)cc3)NC(c3ccccc3)=N2)cc1. The largest absolute Gasteiger partial charge is 0.344 e. The molecular formula is C39H26N4S. The topological polar surface area (TPSA) is 41.7 Å². The molecule has 44 heavy (non-hydrogen) atoms. The van der Waals surface area contributed by atoms with Crippen molar-refractivity contribution in [3.63, 3.8) is 0 Å². The summed E-state index contributed by atoms with van der Waals surface area (Å²) in [5.74, 6) is 1.55. The Balaban J connectivity index is 1.16. The maximum Gasteiger partial charge on any atom is 0.159 e. The van der Waals surface area contributed by atoms with Crippen LogP contribution in [0.3, 0.4) is 0 Å². The van der Waals surface area contributed by atoms with Crippen molar-refractivity contribution in [1.29, 1.82) is 0 Å². The van der Waals surface area contributed by atoms with Crippen molar-refractivity contribution in [1.82, 2.24) is 9.88 Å². The Hall–Kier alpha value is -5.52. The third kappa shape index (κ3) is 3.98. The van der Waals surface area contributed by atoms with Crippen LogP contribution in [0.5, 0.6) is 0 Å². The number of amidine groups is 2. The number of benzene rings is 6. The van der Waals surface area contributed by atoms with E-state index >= 15 is 0 Å². The highest BCUT2D eigenvalue weighted by Gasteiger charge is 2.22. The molecule has 0 bridgehead atoms. The monoisotopic (exact) mass is 582 g/mol. The highest BCUT2D eigenvalue weighted by Crippen LogP contribution is 2.43. The fourth-order valence-electron chi connectivity index (χ4n) is 6.40. The van der Waals surface area contributed by atoms with Crippen LogP contribution < -0.4 is 5.32 Å². The summed E-state index contributed by atoms with van der Waals surface area (Å²) in [5, 5.41) is 8.83. The lowest BCUT2D eigenvalue weighted by Crippen LogP contribution is -2.33. The summed E-state index contributed by atoms with van der Waals surface area (Å²) in [6, 6.07) is 51.3. The van der Waals surface area contributed by atoms with E-state index in [1.807, 2.05) is 47.7 Å². The van der Waals surface area contributed by atoms with Crippen LogP contribution in [-0.4, -0.2) is 16.2 Å². The molecule has 0 saturated heterocycles. The third-order valence-corrected chi connectivity index (χ3v) is 9.67. The van der Waals surface area contributed by atoms with Gasteiger partial charge in [0.25, 0.3) is 0 Å². The molecule has 0 aliphatic carbocycles. The quantitative estimate of drug-likeness (QED) is 0.221. The van der Waals surface area contributed by atoms with Crippen molar-refractivity contribution >= 4 is 65.0 Å². The smallest absolute Gasteiger partial charge is 0.159 e. The van der Waals surface area contributed by atoms with Crippen molar-refractivity contribution in [2.45, 2.75) is 6.17 Å². The molecule has 0 spiro atoms. The minimum Gasteiger partial charge on any atom is -0.344 e. The van der Waals surface area contributed by atoms with Gasteiger partial charge in [-0.1, -0.05) is 115 Å². The van der Waals surface area contributed by atoms with E-state index in [9.17, 15) is 0 Å². The van der Waals surface area contributed by atoms with Crippen LogP contribution in [0.25, 0.3) is 47.7 Å². The Morgan fingerprint density at radius 2 is 1.25 bits per heavy atom. The minimum atomic E-state index is -0.261. The van der Waals surface area contributed by atoms with E-state index < -0.39 is 0 Å². The van der Waals surface area contributed by atoms with Gasteiger partial charge in [0.05, 0.1) is 11.0 Å². The fourth-order valence-corrected chi connectivity index (χ4v) is 7.66. The zero-order valence-electron chi connectivity index (χ0n) is 23.7. The maximum atomic E-state index is 5.06. The van der Waals surface area contributed by atoms with E-state index in [2.05, 4.69) is 119 Å². The molecule has 2 aromatic heterocycles. The van der Waals surface area contributed by atoms with Gasteiger partial charge in [-0.25, -0.2) is 9.98 Å². The van der Waals surface area contributed by atoms with Crippen molar-refractivity contribution in [2.75, 3.05) is 0 Å². The number of hydrogen-bond donors (Lipinski definition) is 1. The Labute approximate surface area is 258 Å². The number of aromatic nitrogens is 1. The first kappa shape index (κ1) is 25.0. The molecule has 8 aromatic rings. The summed E-state index contributed by atoms with van der Waals surface area (Å²) in [7, 11) is 0. The van der Waals surface area contributed by atoms with Gasteiger partial charge in [-0.05, 0) is 35.9 Å². The Bertz CT molecular complexity index is 2400. The van der Waals surface area contributed by atoms with E-state index in [1.165, 1.54) is 42.0 Å². The summed E-state index contributed by atoms with van der Waals surface area (Å²) in [6.45, 7) is 0. The lowest BCUT2D eigenvalue weighted by Gasteiger charge is -2.24. The first-order valence-corrected chi connectivity index (χ1v) is 15.6. The van der Waals surface area contributed by atoms with E-state index in [0.29, 0.717) is 0 Å². The van der Waals surface area contributed by atoms with Crippen LogP contribution in [0.2, 0.25) is 0 Å². The number of thiophene rings is 1. The maximum absolute atomic E-state index is 5.06. The van der Waals surface area contributed by atoms with Gasteiger partial charge < -0.3 is 9.88 Å². The van der Waals surface area contributed by atoms with E-state index in [0.717, 1.165) is 34.0 Å². The molecule has 0 radical (unpaired) electrons. The summed E-state index contributed by atoms with van der Waals surface area (Å²) in [6.07, 6.45) is -0.261. The molecule has 5 heteroatoms. The van der Waals surface area contributed by atoms with Gasteiger partial charge in [0.2, 0.25) is 0 Å². The van der Waals surface area contributed by atoms with Gasteiger partial charge in [-0.2, -0.15) is 0 Å². The normalized spacial score (nSPS) is 15.0. The van der Waals surface area contributed by atoms with Gasteiger partial charge in [0.15, 0.2) is 5.84 Å². The first-order chi connectivity index (χ1) is 21.8. The van der Waals surface area contributed by atoms with Crippen molar-refractivity contribution in [3.05, 3.63) is 162 Å². The molecule has 4 nitrogen and oxygen atoms in total. The Kier molecular flexibility index (Phi) is 5.71. The molecule has 0 fully saturated rings. The predicted octanol–water partition coefficient (Wildman–Crippen LogP) is 9.65. The van der Waals surface area contributed by atoms with Crippen LogP contribution >= 0.6 is 11.3 Å². The molecule has 1 aliphatic rings. The molecule has 1 N–H and O–H groups in total. The van der Waals surface area contributed by atoms with Crippen molar-refractivity contribution < 1.29 is 0 Å². The molecule has 1 unspecified atom stereocenters. The van der Waals surface area contributed by atoms with Crippen molar-refractivity contribution in [3.8, 4) is 5.69 Å². The third-order valence-electron chi connectivity index (χ3n) is 8.47. The van der Waals surface area contributed by atoms with Gasteiger partial charge in [-0.3, -0.25) is 0 Å². The first-order valence-electron chi connectivity index (χ1n) is 14.8. The molecule has 3 heterocycles. The second-order valence-corrected chi connectivity index (χ2v) is 12.1. The van der Waals surface area contributed by atoms with Gasteiger partial charge in [0, 0.05) is 47.8 Å². The standard InChI is InChI=1S/C39H26N4S/c1-3-11-25(12-4-1)37-40-38(26-13-5-2-6-14-26)42-39(41-37)27-19-21-28(22-20-27)43-32-17-9-7-16-31(32)35-33(43)24-23-30-29-15-8-10-18-34(29)44-36(30)35/h1-24,39H,(H,40,41,42).